The van der Waals surface area contributed by atoms with Crippen molar-refractivity contribution < 1.29 is 9.59 Å². The Morgan fingerprint density at radius 1 is 1.32 bits per heavy atom. The molecule has 25 heavy (non-hydrogen) atoms. The van der Waals surface area contributed by atoms with Crippen LogP contribution in [0.1, 0.15) is 37.3 Å². The van der Waals surface area contributed by atoms with E-state index in [0.717, 1.165) is 11.3 Å². The van der Waals surface area contributed by atoms with Gasteiger partial charge in [-0.2, -0.15) is 0 Å². The second kappa shape index (κ2) is 7.47. The summed E-state index contributed by atoms with van der Waals surface area (Å²) in [4.78, 5) is 30.5. The molecule has 130 valence electrons. The third kappa shape index (κ3) is 4.05. The van der Waals surface area contributed by atoms with Crippen LogP contribution in [0.15, 0.2) is 48.8 Å². The summed E-state index contributed by atoms with van der Waals surface area (Å²) in [5, 5.41) is 2.91. The maximum absolute atomic E-state index is 12.4. The zero-order chi connectivity index (χ0) is 17.8. The Morgan fingerprint density at radius 2 is 2.16 bits per heavy atom. The molecule has 1 saturated heterocycles. The quantitative estimate of drug-likeness (QED) is 0.912. The van der Waals surface area contributed by atoms with Crippen LogP contribution in [0.5, 0.6) is 0 Å². The Balaban J connectivity index is 1.64. The molecule has 2 aromatic rings. The van der Waals surface area contributed by atoms with E-state index >= 15 is 0 Å². The van der Waals surface area contributed by atoms with Crippen LogP contribution in [0.3, 0.4) is 0 Å². The largest absolute Gasteiger partial charge is 0.352 e. The van der Waals surface area contributed by atoms with Crippen LogP contribution in [0, 0.1) is 5.92 Å². The highest BCUT2D eigenvalue weighted by Gasteiger charge is 2.35. The molecule has 2 heterocycles. The Morgan fingerprint density at radius 3 is 2.88 bits per heavy atom. The van der Waals surface area contributed by atoms with Crippen LogP contribution in [0.2, 0.25) is 0 Å². The molecule has 2 amide bonds. The number of aromatic nitrogens is 1. The smallest absolute Gasteiger partial charge is 0.227 e. The molecule has 3 rings (SSSR count). The van der Waals surface area contributed by atoms with Gasteiger partial charge in [0.1, 0.15) is 0 Å². The summed E-state index contributed by atoms with van der Waals surface area (Å²) < 4.78 is 0. The minimum atomic E-state index is -0.313. The Hall–Kier alpha value is -2.69. The van der Waals surface area contributed by atoms with Crippen LogP contribution < -0.4 is 10.2 Å². The second-order valence-electron chi connectivity index (χ2n) is 6.73. The number of hydrogen-bond donors (Lipinski definition) is 1. The van der Waals surface area contributed by atoms with Gasteiger partial charge in [0.15, 0.2) is 0 Å². The standard InChI is InChI=1S/C20H23N3O2/c1-14(2)16-6-3-7-18(9-16)23-13-17(10-19(23)24)20(25)22-12-15-5-4-8-21-11-15/h3-9,11,14,17H,10,12-13H2,1-2H3,(H,22,25). The lowest BCUT2D eigenvalue weighted by Gasteiger charge is -2.18. The highest BCUT2D eigenvalue weighted by Crippen LogP contribution is 2.28. The highest BCUT2D eigenvalue weighted by atomic mass is 16.2. The fourth-order valence-electron chi connectivity index (χ4n) is 3.02. The summed E-state index contributed by atoms with van der Waals surface area (Å²) in [7, 11) is 0. The third-order valence-electron chi connectivity index (χ3n) is 4.53. The molecule has 1 atom stereocenters. The van der Waals surface area contributed by atoms with E-state index in [9.17, 15) is 9.59 Å². The van der Waals surface area contributed by atoms with Gasteiger partial charge in [-0.15, -0.1) is 0 Å². The van der Waals surface area contributed by atoms with Crippen molar-refractivity contribution in [3.05, 3.63) is 59.9 Å². The number of carbonyl (C=O) groups is 2. The van der Waals surface area contributed by atoms with Gasteiger partial charge in [-0.1, -0.05) is 32.0 Å². The minimum Gasteiger partial charge on any atom is -0.352 e. The van der Waals surface area contributed by atoms with Crippen LogP contribution in [-0.4, -0.2) is 23.3 Å². The number of amides is 2. The van der Waals surface area contributed by atoms with Crippen molar-refractivity contribution in [2.45, 2.75) is 32.7 Å². The van der Waals surface area contributed by atoms with E-state index in [2.05, 4.69) is 30.2 Å². The van der Waals surface area contributed by atoms with E-state index in [1.165, 1.54) is 5.56 Å². The third-order valence-corrected chi connectivity index (χ3v) is 4.53. The number of carbonyl (C=O) groups excluding carboxylic acids is 2. The monoisotopic (exact) mass is 337 g/mol. The van der Waals surface area contributed by atoms with Gasteiger partial charge in [-0.25, -0.2) is 0 Å². The summed E-state index contributed by atoms with van der Waals surface area (Å²) in [5.74, 6) is 0.00487. The van der Waals surface area contributed by atoms with E-state index in [1.807, 2.05) is 30.3 Å². The van der Waals surface area contributed by atoms with Crippen molar-refractivity contribution in [1.29, 1.82) is 0 Å². The molecular weight excluding hydrogens is 314 g/mol. The van der Waals surface area contributed by atoms with Crippen molar-refractivity contribution >= 4 is 17.5 Å². The van der Waals surface area contributed by atoms with Gasteiger partial charge in [-0.05, 0) is 35.2 Å². The average Bonchev–Trinajstić information content (AvgIpc) is 3.02. The van der Waals surface area contributed by atoms with Gasteiger partial charge in [0.25, 0.3) is 0 Å². The van der Waals surface area contributed by atoms with Crippen molar-refractivity contribution in [2.24, 2.45) is 5.92 Å². The van der Waals surface area contributed by atoms with Gasteiger partial charge in [0, 0.05) is 37.6 Å². The highest BCUT2D eigenvalue weighted by molar-refractivity contribution is 6.00. The predicted octanol–water partition coefficient (Wildman–Crippen LogP) is 2.87. The zero-order valence-corrected chi connectivity index (χ0v) is 14.6. The number of rotatable bonds is 5. The van der Waals surface area contributed by atoms with Crippen LogP contribution >= 0.6 is 0 Å². The number of hydrogen-bond acceptors (Lipinski definition) is 3. The molecule has 1 aliphatic rings. The first-order valence-electron chi connectivity index (χ1n) is 8.61. The summed E-state index contributed by atoms with van der Waals surface area (Å²) in [5.41, 5.74) is 3.01. The molecule has 0 aliphatic carbocycles. The molecule has 1 unspecified atom stereocenters. The van der Waals surface area contributed by atoms with Crippen molar-refractivity contribution in [3.63, 3.8) is 0 Å². The number of nitrogens with zero attached hydrogens (tertiary/aromatic N) is 2. The molecule has 5 heteroatoms. The summed E-state index contributed by atoms with van der Waals surface area (Å²) in [6.45, 7) is 5.11. The van der Waals surface area contributed by atoms with Crippen molar-refractivity contribution in [3.8, 4) is 0 Å². The molecule has 5 nitrogen and oxygen atoms in total. The summed E-state index contributed by atoms with van der Waals surface area (Å²) in [6, 6.07) is 11.7. The van der Waals surface area contributed by atoms with Crippen molar-refractivity contribution in [2.75, 3.05) is 11.4 Å². The van der Waals surface area contributed by atoms with Crippen LogP contribution in [0.4, 0.5) is 5.69 Å². The van der Waals surface area contributed by atoms with Gasteiger partial charge in [0.2, 0.25) is 11.8 Å². The second-order valence-corrected chi connectivity index (χ2v) is 6.73. The lowest BCUT2D eigenvalue weighted by molar-refractivity contribution is -0.126. The Bertz CT molecular complexity index is 759. The molecule has 0 bridgehead atoms. The number of nitrogens with one attached hydrogen (secondary N) is 1. The maximum Gasteiger partial charge on any atom is 0.227 e. The first-order chi connectivity index (χ1) is 12.0. The lowest BCUT2D eigenvalue weighted by atomic mass is 10.0. The van der Waals surface area contributed by atoms with E-state index in [-0.39, 0.29) is 24.2 Å². The number of benzene rings is 1. The Labute approximate surface area is 148 Å². The molecule has 1 aromatic carbocycles. The van der Waals surface area contributed by atoms with Crippen LogP contribution in [-0.2, 0) is 16.1 Å². The van der Waals surface area contributed by atoms with Gasteiger partial charge >= 0.3 is 0 Å². The summed E-state index contributed by atoms with van der Waals surface area (Å²) >= 11 is 0. The van der Waals surface area contributed by atoms with E-state index in [0.29, 0.717) is 19.0 Å². The van der Waals surface area contributed by atoms with Gasteiger partial charge in [-0.3, -0.25) is 14.6 Å². The van der Waals surface area contributed by atoms with Crippen LogP contribution in [0.25, 0.3) is 0 Å². The van der Waals surface area contributed by atoms with E-state index in [1.54, 1.807) is 17.3 Å². The molecule has 1 N–H and O–H groups in total. The van der Waals surface area contributed by atoms with E-state index < -0.39 is 0 Å². The summed E-state index contributed by atoms with van der Waals surface area (Å²) in [6.07, 6.45) is 3.68. The predicted molar refractivity (Wildman–Crippen MR) is 97.1 cm³/mol. The van der Waals surface area contributed by atoms with E-state index in [4.69, 9.17) is 0 Å². The van der Waals surface area contributed by atoms with Crippen molar-refractivity contribution in [1.82, 2.24) is 10.3 Å². The lowest BCUT2D eigenvalue weighted by Crippen LogP contribution is -2.32. The average molecular weight is 337 g/mol. The number of anilines is 1. The molecule has 0 spiro atoms. The molecule has 0 saturated carbocycles. The maximum atomic E-state index is 12.4. The fraction of sp³-hybridized carbons (Fsp3) is 0.350. The fourth-order valence-corrected chi connectivity index (χ4v) is 3.02. The molecule has 1 aliphatic heterocycles. The number of pyridine rings is 1. The zero-order valence-electron chi connectivity index (χ0n) is 14.6. The molecular formula is C20H23N3O2. The molecule has 0 radical (unpaired) electrons. The first kappa shape index (κ1) is 17.1. The van der Waals surface area contributed by atoms with Gasteiger partial charge < -0.3 is 10.2 Å². The topological polar surface area (TPSA) is 62.3 Å². The normalized spacial score (nSPS) is 17.2. The molecule has 1 aromatic heterocycles. The minimum absolute atomic E-state index is 0.00225. The molecule has 1 fully saturated rings. The van der Waals surface area contributed by atoms with Gasteiger partial charge in [0.05, 0.1) is 5.92 Å². The SMILES string of the molecule is CC(C)c1cccc(N2CC(C(=O)NCc3cccnc3)CC2=O)c1. The Kier molecular flexibility index (Phi) is 5.12. The first-order valence-corrected chi connectivity index (χ1v) is 8.61.